The summed E-state index contributed by atoms with van der Waals surface area (Å²) in [5, 5.41) is 7.80. The molecule has 0 amide bonds. The Kier molecular flexibility index (Phi) is 3.84. The van der Waals surface area contributed by atoms with E-state index in [0.717, 1.165) is 17.7 Å². The lowest BCUT2D eigenvalue weighted by Gasteiger charge is -2.30. The molecule has 0 saturated carbocycles. The molecular weight excluding hydrogens is 242 g/mol. The first-order valence-electron chi connectivity index (χ1n) is 6.47. The number of hydrazine groups is 1. The van der Waals surface area contributed by atoms with Crippen LogP contribution in [0.25, 0.3) is 11.0 Å². The monoisotopic (exact) mass is 263 g/mol. The lowest BCUT2D eigenvalue weighted by atomic mass is 10.1. The van der Waals surface area contributed by atoms with Crippen molar-refractivity contribution in [2.24, 2.45) is 11.8 Å². The summed E-state index contributed by atoms with van der Waals surface area (Å²) >= 11 is 0. The van der Waals surface area contributed by atoms with Crippen molar-refractivity contribution >= 4 is 22.8 Å². The van der Waals surface area contributed by atoms with Gasteiger partial charge in [-0.1, -0.05) is 13.8 Å². The second kappa shape index (κ2) is 5.40. The van der Waals surface area contributed by atoms with Gasteiger partial charge in [-0.15, -0.1) is 0 Å². The van der Waals surface area contributed by atoms with Crippen LogP contribution in [0, 0.1) is 5.92 Å². The lowest BCUT2D eigenvalue weighted by molar-refractivity contribution is 0.567. The molecule has 104 valence electrons. The predicted octanol–water partition coefficient (Wildman–Crippen LogP) is 1.51. The third-order valence-electron chi connectivity index (χ3n) is 2.88. The van der Waals surface area contributed by atoms with Crippen LogP contribution in [0.2, 0.25) is 0 Å². The molecule has 0 radical (unpaired) electrons. The molecule has 0 spiro atoms. The normalized spacial score (nSPS) is 11.5. The van der Waals surface area contributed by atoms with E-state index in [2.05, 4.69) is 58.2 Å². The minimum absolute atomic E-state index is 0.334. The summed E-state index contributed by atoms with van der Waals surface area (Å²) in [5.41, 5.74) is 3.19. The largest absolute Gasteiger partial charge is 0.353 e. The van der Waals surface area contributed by atoms with E-state index in [1.807, 2.05) is 0 Å². The summed E-state index contributed by atoms with van der Waals surface area (Å²) in [6.45, 7) is 9.58. The van der Waals surface area contributed by atoms with Gasteiger partial charge in [-0.25, -0.2) is 5.84 Å². The molecule has 2 aromatic heterocycles. The fraction of sp³-hybridized carbons (Fsp3) is 0.583. The van der Waals surface area contributed by atoms with Crippen LogP contribution >= 0.6 is 0 Å². The maximum Gasteiger partial charge on any atom is 0.241 e. The van der Waals surface area contributed by atoms with Gasteiger partial charge in [0.1, 0.15) is 5.82 Å². The maximum absolute atomic E-state index is 5.43. The van der Waals surface area contributed by atoms with Crippen LogP contribution in [0.5, 0.6) is 0 Å². The van der Waals surface area contributed by atoms with Crippen molar-refractivity contribution in [1.82, 2.24) is 20.2 Å². The topological polar surface area (TPSA) is 95.8 Å². The second-order valence-electron chi connectivity index (χ2n) is 5.29. The van der Waals surface area contributed by atoms with Gasteiger partial charge in [0.15, 0.2) is 5.65 Å². The van der Waals surface area contributed by atoms with Crippen LogP contribution in [-0.2, 0) is 0 Å². The van der Waals surface area contributed by atoms with Crippen LogP contribution in [-0.4, -0.2) is 32.8 Å². The van der Waals surface area contributed by atoms with Crippen LogP contribution in [0.3, 0.4) is 0 Å². The average Bonchev–Trinajstić information content (AvgIpc) is 2.82. The Morgan fingerprint density at radius 1 is 1.32 bits per heavy atom. The van der Waals surface area contributed by atoms with Crippen LogP contribution in [0.1, 0.15) is 27.7 Å². The van der Waals surface area contributed by atoms with E-state index in [1.54, 1.807) is 6.20 Å². The summed E-state index contributed by atoms with van der Waals surface area (Å²) in [6.07, 6.45) is 1.75. The van der Waals surface area contributed by atoms with Gasteiger partial charge in [0.05, 0.1) is 11.6 Å². The SMILES string of the molecule is CC(C)CN(c1nc(NN)nc2[nH]ncc12)C(C)C. The molecule has 7 heteroatoms. The van der Waals surface area contributed by atoms with Gasteiger partial charge in [0.25, 0.3) is 0 Å². The zero-order chi connectivity index (χ0) is 14.0. The molecule has 19 heavy (non-hydrogen) atoms. The Balaban J connectivity index is 2.53. The average molecular weight is 263 g/mol. The molecule has 0 atom stereocenters. The molecule has 2 heterocycles. The van der Waals surface area contributed by atoms with Crippen molar-refractivity contribution in [3.63, 3.8) is 0 Å². The molecule has 0 bridgehead atoms. The van der Waals surface area contributed by atoms with Crippen LogP contribution in [0.15, 0.2) is 6.20 Å². The van der Waals surface area contributed by atoms with Crippen molar-refractivity contribution < 1.29 is 0 Å². The number of H-pyrrole nitrogens is 1. The Bertz CT molecular complexity index is 546. The van der Waals surface area contributed by atoms with E-state index in [1.165, 1.54) is 0 Å². The first-order valence-corrected chi connectivity index (χ1v) is 6.47. The number of nitrogens with two attached hydrogens (primary N) is 1. The number of nitrogen functional groups attached to an aromatic ring is 1. The zero-order valence-corrected chi connectivity index (χ0v) is 11.8. The smallest absolute Gasteiger partial charge is 0.241 e. The lowest BCUT2D eigenvalue weighted by Crippen LogP contribution is -2.35. The van der Waals surface area contributed by atoms with Crippen LogP contribution in [0.4, 0.5) is 11.8 Å². The Morgan fingerprint density at radius 2 is 2.05 bits per heavy atom. The molecule has 7 nitrogen and oxygen atoms in total. The Morgan fingerprint density at radius 3 is 2.63 bits per heavy atom. The molecule has 0 aliphatic rings. The molecule has 0 aliphatic heterocycles. The molecule has 4 N–H and O–H groups in total. The summed E-state index contributed by atoms with van der Waals surface area (Å²) in [6, 6.07) is 0.334. The number of aromatic amines is 1. The molecular formula is C12H21N7. The molecule has 0 aliphatic carbocycles. The molecule has 2 aromatic rings. The third-order valence-corrected chi connectivity index (χ3v) is 2.88. The van der Waals surface area contributed by atoms with Gasteiger partial charge < -0.3 is 4.90 Å². The highest BCUT2D eigenvalue weighted by Gasteiger charge is 2.19. The molecule has 2 rings (SSSR count). The summed E-state index contributed by atoms with van der Waals surface area (Å²) in [5.74, 6) is 7.21. The van der Waals surface area contributed by atoms with Crippen molar-refractivity contribution in [2.75, 3.05) is 16.9 Å². The molecule has 0 saturated heterocycles. The fourth-order valence-electron chi connectivity index (χ4n) is 2.04. The highest BCUT2D eigenvalue weighted by atomic mass is 15.3. The number of nitrogens with one attached hydrogen (secondary N) is 2. The Hall–Kier alpha value is -1.89. The van der Waals surface area contributed by atoms with Crippen molar-refractivity contribution in [1.29, 1.82) is 0 Å². The number of anilines is 2. The molecule has 0 unspecified atom stereocenters. The van der Waals surface area contributed by atoms with Gasteiger partial charge in [0, 0.05) is 12.6 Å². The standard InChI is InChI=1S/C12H21N7/c1-7(2)6-19(8(3)4)11-9-5-14-18-10(9)15-12(16-11)17-13/h5,7-8H,6,13H2,1-4H3,(H2,14,15,16,17,18). The first kappa shape index (κ1) is 13.5. The van der Waals surface area contributed by atoms with Gasteiger partial charge in [0.2, 0.25) is 5.95 Å². The number of nitrogens with zero attached hydrogens (tertiary/aromatic N) is 4. The quantitative estimate of drug-likeness (QED) is 0.559. The van der Waals surface area contributed by atoms with E-state index in [0.29, 0.717) is 23.6 Å². The number of aromatic nitrogens is 4. The van der Waals surface area contributed by atoms with Gasteiger partial charge in [-0.05, 0) is 19.8 Å². The third kappa shape index (κ3) is 2.76. The molecule has 0 aromatic carbocycles. The number of hydrogen-bond acceptors (Lipinski definition) is 6. The van der Waals surface area contributed by atoms with E-state index >= 15 is 0 Å². The fourth-order valence-corrected chi connectivity index (χ4v) is 2.04. The minimum Gasteiger partial charge on any atom is -0.353 e. The summed E-state index contributed by atoms with van der Waals surface area (Å²) in [4.78, 5) is 11.0. The first-order chi connectivity index (χ1) is 9.02. The number of hydrogen-bond donors (Lipinski definition) is 3. The number of rotatable bonds is 5. The maximum atomic E-state index is 5.43. The zero-order valence-electron chi connectivity index (χ0n) is 11.8. The van der Waals surface area contributed by atoms with Gasteiger partial charge >= 0.3 is 0 Å². The van der Waals surface area contributed by atoms with E-state index in [9.17, 15) is 0 Å². The van der Waals surface area contributed by atoms with Crippen LogP contribution < -0.4 is 16.2 Å². The van der Waals surface area contributed by atoms with Crippen molar-refractivity contribution in [2.45, 2.75) is 33.7 Å². The van der Waals surface area contributed by atoms with E-state index in [-0.39, 0.29) is 0 Å². The number of fused-ring (bicyclic) bond motifs is 1. The second-order valence-corrected chi connectivity index (χ2v) is 5.29. The minimum atomic E-state index is 0.334. The Labute approximate surface area is 112 Å². The summed E-state index contributed by atoms with van der Waals surface area (Å²) in [7, 11) is 0. The van der Waals surface area contributed by atoms with Gasteiger partial charge in [-0.3, -0.25) is 10.5 Å². The summed E-state index contributed by atoms with van der Waals surface area (Å²) < 4.78 is 0. The highest BCUT2D eigenvalue weighted by Crippen LogP contribution is 2.26. The van der Waals surface area contributed by atoms with Gasteiger partial charge in [-0.2, -0.15) is 15.1 Å². The molecule has 0 fully saturated rings. The van der Waals surface area contributed by atoms with Crippen molar-refractivity contribution in [3.05, 3.63) is 6.20 Å². The van der Waals surface area contributed by atoms with E-state index in [4.69, 9.17) is 5.84 Å². The highest BCUT2D eigenvalue weighted by molar-refractivity contribution is 5.87. The predicted molar refractivity (Wildman–Crippen MR) is 76.8 cm³/mol. The van der Waals surface area contributed by atoms with Crippen molar-refractivity contribution in [3.8, 4) is 0 Å². The van der Waals surface area contributed by atoms with E-state index < -0.39 is 0 Å².